The molecule has 8 heteroatoms. The van der Waals surface area contributed by atoms with E-state index in [1.165, 1.54) is 33.9 Å². The molecule has 1 unspecified atom stereocenters. The number of amides is 1. The Morgan fingerprint density at radius 3 is 2.24 bits per heavy atom. The second-order valence-corrected chi connectivity index (χ2v) is 13.1. The average Bonchev–Trinajstić information content (AvgIpc) is 3.71. The summed E-state index contributed by atoms with van der Waals surface area (Å²) in [6, 6.07) is 36.1. The van der Waals surface area contributed by atoms with Gasteiger partial charge in [-0.2, -0.15) is 0 Å². The summed E-state index contributed by atoms with van der Waals surface area (Å²) in [6.45, 7) is 3.78. The van der Waals surface area contributed by atoms with Gasteiger partial charge >= 0.3 is 12.1 Å². The van der Waals surface area contributed by atoms with Gasteiger partial charge in [-0.3, -0.25) is 4.90 Å². The second-order valence-electron chi connectivity index (χ2n) is 13.1. The van der Waals surface area contributed by atoms with Crippen molar-refractivity contribution in [2.24, 2.45) is 0 Å². The zero-order chi connectivity index (χ0) is 34.6. The molecule has 8 nitrogen and oxygen atoms in total. The number of likely N-dealkylation sites (N-methyl/N-ethyl adjacent to an activating group) is 1. The van der Waals surface area contributed by atoms with Crippen LogP contribution < -0.4 is 0 Å². The van der Waals surface area contributed by atoms with Crippen molar-refractivity contribution in [3.05, 3.63) is 138 Å². The van der Waals surface area contributed by atoms with Gasteiger partial charge in [0.25, 0.3) is 0 Å². The molecular formula is C42H41N3O5. The lowest BCUT2D eigenvalue weighted by molar-refractivity contribution is 0.0693. The molecule has 8 rings (SSSR count). The van der Waals surface area contributed by atoms with Gasteiger partial charge in [0.2, 0.25) is 0 Å². The van der Waals surface area contributed by atoms with E-state index in [0.29, 0.717) is 0 Å². The number of hydrogen-bond acceptors (Lipinski definition) is 5. The number of hydrogen-bond donors (Lipinski definition) is 2. The third kappa shape index (κ3) is 6.93. The van der Waals surface area contributed by atoms with Gasteiger partial charge < -0.3 is 24.4 Å². The van der Waals surface area contributed by atoms with Crippen molar-refractivity contribution in [2.75, 3.05) is 33.2 Å². The normalized spacial score (nSPS) is 16.8. The van der Waals surface area contributed by atoms with Crippen LogP contribution in [0.1, 0.15) is 40.0 Å². The molecule has 1 atom stereocenters. The number of carbonyl (C=O) groups is 2. The van der Waals surface area contributed by atoms with Crippen molar-refractivity contribution in [1.29, 1.82) is 0 Å². The standard InChI is InChI=1S/C25H19NO3.C17H22N2O2/c27-24-13-11-18(14-21(24)25(28)29)26-22-12-10-16-6-4-5-9-19(16)20(22)15-23(26)17-7-2-1-3-8-17;1-18-13-16(21-17(18)20)9-12-19-10-7-15(8-11-19)14-5-3-2-4-6-14/h1-9,11,13-15,27H,10,12H2,(H,28,29);2-7,16H,8-13H2,1H3. The molecule has 50 heavy (non-hydrogen) atoms. The summed E-state index contributed by atoms with van der Waals surface area (Å²) in [7, 11) is 1.79. The first-order valence-corrected chi connectivity index (χ1v) is 17.2. The summed E-state index contributed by atoms with van der Waals surface area (Å²) in [5, 5.41) is 19.4. The van der Waals surface area contributed by atoms with Crippen molar-refractivity contribution >= 4 is 17.6 Å². The topological polar surface area (TPSA) is 95.2 Å². The number of cyclic esters (lactones) is 1. The van der Waals surface area contributed by atoms with E-state index in [-0.39, 0.29) is 23.5 Å². The second kappa shape index (κ2) is 14.5. The number of aromatic hydroxyl groups is 1. The number of carbonyl (C=O) groups excluding carboxylic acids is 1. The van der Waals surface area contributed by atoms with E-state index in [4.69, 9.17) is 4.74 Å². The number of nitrogens with zero attached hydrogens (tertiary/aromatic N) is 3. The average molecular weight is 668 g/mol. The van der Waals surface area contributed by atoms with E-state index in [1.807, 2.05) is 18.2 Å². The van der Waals surface area contributed by atoms with Gasteiger partial charge in [-0.1, -0.05) is 91.0 Å². The first-order chi connectivity index (χ1) is 24.4. The van der Waals surface area contributed by atoms with Gasteiger partial charge in [-0.25, -0.2) is 9.59 Å². The number of fused-ring (bicyclic) bond motifs is 3. The lowest BCUT2D eigenvalue weighted by Crippen LogP contribution is -2.32. The number of ether oxygens (including phenoxy) is 1. The molecule has 2 N–H and O–H groups in total. The predicted octanol–water partition coefficient (Wildman–Crippen LogP) is 7.93. The van der Waals surface area contributed by atoms with Gasteiger partial charge in [0.1, 0.15) is 17.4 Å². The summed E-state index contributed by atoms with van der Waals surface area (Å²) in [5.41, 5.74) is 10.4. The van der Waals surface area contributed by atoms with Gasteiger partial charge in [0, 0.05) is 43.6 Å². The molecule has 1 amide bonds. The van der Waals surface area contributed by atoms with Crippen molar-refractivity contribution in [1.82, 2.24) is 14.4 Å². The molecular weight excluding hydrogens is 626 g/mol. The summed E-state index contributed by atoms with van der Waals surface area (Å²) >= 11 is 0. The van der Waals surface area contributed by atoms with E-state index >= 15 is 0 Å². The maximum absolute atomic E-state index is 11.6. The summed E-state index contributed by atoms with van der Waals surface area (Å²) in [4.78, 5) is 27.0. The lowest BCUT2D eigenvalue weighted by atomic mass is 9.90. The number of aromatic nitrogens is 1. The molecule has 3 heterocycles. The summed E-state index contributed by atoms with van der Waals surface area (Å²) < 4.78 is 7.43. The molecule has 0 bridgehead atoms. The van der Waals surface area contributed by atoms with E-state index in [9.17, 15) is 19.8 Å². The zero-order valence-electron chi connectivity index (χ0n) is 28.2. The van der Waals surface area contributed by atoms with Crippen LogP contribution >= 0.6 is 0 Å². The maximum Gasteiger partial charge on any atom is 0.409 e. The maximum atomic E-state index is 11.6. The van der Waals surface area contributed by atoms with Gasteiger partial charge in [0.05, 0.1) is 12.2 Å². The minimum Gasteiger partial charge on any atom is -0.507 e. The van der Waals surface area contributed by atoms with E-state index in [0.717, 1.165) is 74.5 Å². The van der Waals surface area contributed by atoms with Gasteiger partial charge in [0.15, 0.2) is 0 Å². The number of carboxylic acid groups (broad SMARTS) is 1. The fourth-order valence-electron chi connectivity index (χ4n) is 7.19. The zero-order valence-corrected chi connectivity index (χ0v) is 28.2. The highest BCUT2D eigenvalue weighted by atomic mass is 16.6. The summed E-state index contributed by atoms with van der Waals surface area (Å²) in [5.74, 6) is -1.37. The lowest BCUT2D eigenvalue weighted by Gasteiger charge is -2.27. The minimum absolute atomic E-state index is 0.0574. The molecule has 5 aromatic rings. The molecule has 1 aliphatic carbocycles. The SMILES string of the molecule is CN1CC(CCN2CC=C(c3ccccc3)CC2)OC1=O.O=C(O)c1cc(-n2c(-c3ccccc3)cc3c2CCc2ccccc2-3)ccc1O. The smallest absolute Gasteiger partial charge is 0.409 e. The number of rotatable bonds is 7. The molecule has 3 aliphatic rings. The highest BCUT2D eigenvalue weighted by molar-refractivity contribution is 5.92. The number of carboxylic acids is 1. The van der Waals surface area contributed by atoms with Crippen LogP contribution in [0.15, 0.2) is 115 Å². The quantitative estimate of drug-likeness (QED) is 0.183. The predicted molar refractivity (Wildman–Crippen MR) is 196 cm³/mol. The Hall–Kier alpha value is -5.60. The van der Waals surface area contributed by atoms with Crippen molar-refractivity contribution in [2.45, 2.75) is 31.8 Å². The van der Waals surface area contributed by atoms with Crippen LogP contribution in [0, 0.1) is 0 Å². The Morgan fingerprint density at radius 1 is 0.840 bits per heavy atom. The molecule has 0 spiro atoms. The number of aryl methyl sites for hydroxylation is 1. The fourth-order valence-corrected chi connectivity index (χ4v) is 7.19. The molecule has 1 fully saturated rings. The van der Waals surface area contributed by atoms with Crippen LogP contribution in [0.5, 0.6) is 5.75 Å². The number of benzene rings is 4. The van der Waals surface area contributed by atoms with E-state index in [1.54, 1.807) is 24.1 Å². The van der Waals surface area contributed by atoms with Crippen molar-refractivity contribution in [3.8, 4) is 33.8 Å². The van der Waals surface area contributed by atoms with E-state index < -0.39 is 5.97 Å². The highest BCUT2D eigenvalue weighted by Gasteiger charge is 2.29. The van der Waals surface area contributed by atoms with E-state index in [2.05, 4.69) is 88.3 Å². The van der Waals surface area contributed by atoms with Crippen LogP contribution in [0.2, 0.25) is 0 Å². The first kappa shape index (κ1) is 32.9. The molecule has 0 saturated carbocycles. The fraction of sp³-hybridized carbons (Fsp3) is 0.238. The Labute approximate surface area is 292 Å². The van der Waals surface area contributed by atoms with Crippen molar-refractivity contribution in [3.63, 3.8) is 0 Å². The van der Waals surface area contributed by atoms with Gasteiger partial charge in [-0.05, 0) is 77.8 Å². The Bertz CT molecular complexity index is 2040. The third-order valence-electron chi connectivity index (χ3n) is 9.84. The molecule has 1 aromatic heterocycles. The third-order valence-corrected chi connectivity index (χ3v) is 9.84. The van der Waals surface area contributed by atoms with Crippen LogP contribution in [-0.2, 0) is 17.6 Å². The monoisotopic (exact) mass is 667 g/mol. The molecule has 1 saturated heterocycles. The van der Waals surface area contributed by atoms with Crippen LogP contribution in [0.4, 0.5) is 4.79 Å². The molecule has 0 radical (unpaired) electrons. The molecule has 4 aromatic carbocycles. The Balaban J connectivity index is 0.000000166. The Kier molecular flexibility index (Phi) is 9.54. The van der Waals surface area contributed by atoms with Crippen LogP contribution in [0.25, 0.3) is 33.6 Å². The summed E-state index contributed by atoms with van der Waals surface area (Å²) in [6.07, 6.45) is 6.00. The number of aromatic carboxylic acids is 1. The molecule has 2 aliphatic heterocycles. The van der Waals surface area contributed by atoms with Crippen LogP contribution in [-0.4, -0.2) is 76.0 Å². The van der Waals surface area contributed by atoms with Gasteiger partial charge in [-0.15, -0.1) is 0 Å². The van der Waals surface area contributed by atoms with Crippen molar-refractivity contribution < 1.29 is 24.5 Å². The first-order valence-electron chi connectivity index (χ1n) is 17.2. The molecule has 254 valence electrons. The highest BCUT2D eigenvalue weighted by Crippen LogP contribution is 2.41. The van der Waals surface area contributed by atoms with Crippen LogP contribution in [0.3, 0.4) is 0 Å². The minimum atomic E-state index is -1.14. The largest absolute Gasteiger partial charge is 0.507 e. The number of phenols is 1. The Morgan fingerprint density at radius 2 is 1.56 bits per heavy atom.